The van der Waals surface area contributed by atoms with Crippen LogP contribution in [-0.2, 0) is 11.8 Å². The predicted molar refractivity (Wildman–Crippen MR) is 43.4 cm³/mol. The van der Waals surface area contributed by atoms with Crippen molar-refractivity contribution in [3.63, 3.8) is 0 Å². The molecule has 0 saturated heterocycles. The van der Waals surface area contributed by atoms with Crippen LogP contribution in [0, 0.1) is 0 Å². The fraction of sp³-hybridized carbons (Fsp3) is 0.400. The second kappa shape index (κ2) is 3.47. The molecule has 0 aliphatic rings. The maximum Gasteiger partial charge on any atom is 0.237 e. The van der Waals surface area contributed by atoms with E-state index in [0.717, 1.165) is 0 Å². The van der Waals surface area contributed by atoms with Crippen LogP contribution in [0.5, 0.6) is 0 Å². The minimum absolute atomic E-state index is 0.138. The Labute approximate surface area is 71.9 Å². The number of amides is 1. The maximum atomic E-state index is 10.8. The largest absolute Gasteiger partial charge is 0.294 e. The number of hydrogen-bond donors (Lipinski definition) is 1. The van der Waals surface area contributed by atoms with Crippen LogP contribution in [0.2, 0.25) is 0 Å². The number of halogens is 1. The summed E-state index contributed by atoms with van der Waals surface area (Å²) in [6.45, 7) is 0. The Morgan fingerprint density at radius 1 is 1.91 bits per heavy atom. The molecule has 1 amide bonds. The summed E-state index contributed by atoms with van der Waals surface area (Å²) in [5.41, 5.74) is 0. The smallest absolute Gasteiger partial charge is 0.237 e. The minimum Gasteiger partial charge on any atom is -0.294 e. The van der Waals surface area contributed by atoms with Crippen molar-refractivity contribution in [2.45, 2.75) is 0 Å². The van der Waals surface area contributed by atoms with Crippen molar-refractivity contribution in [2.24, 2.45) is 7.05 Å². The molecule has 0 unspecified atom stereocenters. The molecule has 1 aromatic heterocycles. The van der Waals surface area contributed by atoms with Crippen molar-refractivity contribution in [2.75, 3.05) is 10.6 Å². The van der Waals surface area contributed by atoms with E-state index in [1.807, 2.05) is 0 Å². The number of hydrogen-bond acceptors (Lipinski definition) is 3. The minimum atomic E-state index is -0.138. The molecule has 5 nitrogen and oxygen atoms in total. The number of aromatic nitrogens is 3. The molecule has 0 aromatic carbocycles. The summed E-state index contributed by atoms with van der Waals surface area (Å²) in [6, 6.07) is 0. The van der Waals surface area contributed by atoms with E-state index in [-0.39, 0.29) is 11.2 Å². The lowest BCUT2D eigenvalue weighted by Crippen LogP contribution is -2.15. The molecule has 0 aliphatic heterocycles. The molecule has 11 heavy (non-hydrogen) atoms. The molecule has 1 aromatic rings. The highest BCUT2D eigenvalue weighted by Gasteiger charge is 2.03. The summed E-state index contributed by atoms with van der Waals surface area (Å²) in [5.74, 6) is 0.315. The average molecular weight is 219 g/mol. The summed E-state index contributed by atoms with van der Waals surface area (Å²) in [4.78, 5) is 14.6. The van der Waals surface area contributed by atoms with E-state index in [0.29, 0.717) is 5.95 Å². The van der Waals surface area contributed by atoms with E-state index in [2.05, 4.69) is 31.3 Å². The number of carbonyl (C=O) groups is 1. The third-order valence-electron chi connectivity index (χ3n) is 1.08. The predicted octanol–water partition coefficient (Wildman–Crippen LogP) is 0.149. The molecular weight excluding hydrogens is 212 g/mol. The zero-order valence-electron chi connectivity index (χ0n) is 5.91. The van der Waals surface area contributed by atoms with Crippen molar-refractivity contribution in [3.05, 3.63) is 6.33 Å². The summed E-state index contributed by atoms with van der Waals surface area (Å²) in [5, 5.41) is 6.59. The van der Waals surface area contributed by atoms with Crippen LogP contribution in [-0.4, -0.2) is 26.0 Å². The van der Waals surface area contributed by atoms with Crippen molar-refractivity contribution in [1.82, 2.24) is 14.8 Å². The highest BCUT2D eigenvalue weighted by molar-refractivity contribution is 9.09. The second-order valence-corrected chi connectivity index (χ2v) is 2.45. The Balaban J connectivity index is 2.64. The van der Waals surface area contributed by atoms with Gasteiger partial charge in [0.2, 0.25) is 11.9 Å². The Hall–Kier alpha value is -0.910. The number of carbonyl (C=O) groups excluding carboxylic acids is 1. The molecule has 1 N–H and O–H groups in total. The van der Waals surface area contributed by atoms with E-state index in [1.165, 1.54) is 11.0 Å². The van der Waals surface area contributed by atoms with Gasteiger partial charge in [-0.05, 0) is 0 Å². The number of alkyl halides is 1. The van der Waals surface area contributed by atoms with Gasteiger partial charge in [0.25, 0.3) is 0 Å². The average Bonchev–Trinajstić information content (AvgIpc) is 2.37. The first kappa shape index (κ1) is 8.19. The highest BCUT2D eigenvalue weighted by Crippen LogP contribution is 1.97. The summed E-state index contributed by atoms with van der Waals surface area (Å²) in [7, 11) is 1.71. The number of nitrogens with one attached hydrogen (secondary N) is 1. The molecule has 60 valence electrons. The monoisotopic (exact) mass is 218 g/mol. The zero-order chi connectivity index (χ0) is 8.27. The van der Waals surface area contributed by atoms with E-state index >= 15 is 0 Å². The Kier molecular flexibility index (Phi) is 2.58. The van der Waals surface area contributed by atoms with Crippen molar-refractivity contribution in [1.29, 1.82) is 0 Å². The van der Waals surface area contributed by atoms with Gasteiger partial charge in [0, 0.05) is 7.05 Å². The molecule has 1 heterocycles. The summed E-state index contributed by atoms with van der Waals surface area (Å²) >= 11 is 3.02. The lowest BCUT2D eigenvalue weighted by Gasteiger charge is -1.99. The van der Waals surface area contributed by atoms with E-state index in [1.54, 1.807) is 7.05 Å². The van der Waals surface area contributed by atoms with E-state index in [4.69, 9.17) is 0 Å². The molecular formula is C5H7BrN4O. The first-order valence-corrected chi connectivity index (χ1v) is 4.06. The standard InChI is InChI=1S/C5H7BrN4O/c1-10-5(7-3-8-10)9-4(11)2-6/h3H,2H2,1H3,(H,7,8,9,11). The van der Waals surface area contributed by atoms with Crippen molar-refractivity contribution in [3.8, 4) is 0 Å². The van der Waals surface area contributed by atoms with E-state index < -0.39 is 0 Å². The van der Waals surface area contributed by atoms with Crippen molar-refractivity contribution < 1.29 is 4.79 Å². The zero-order valence-corrected chi connectivity index (χ0v) is 7.50. The molecule has 0 bridgehead atoms. The van der Waals surface area contributed by atoms with Crippen LogP contribution >= 0.6 is 15.9 Å². The van der Waals surface area contributed by atoms with E-state index in [9.17, 15) is 4.79 Å². The lowest BCUT2D eigenvalue weighted by molar-refractivity contribution is -0.113. The van der Waals surface area contributed by atoms with Crippen LogP contribution < -0.4 is 5.32 Å². The number of aryl methyl sites for hydroxylation is 1. The Bertz CT molecular complexity index is 259. The van der Waals surface area contributed by atoms with Crippen LogP contribution in [0.4, 0.5) is 5.95 Å². The normalized spacial score (nSPS) is 9.64. The number of nitrogens with zero attached hydrogens (tertiary/aromatic N) is 3. The molecule has 0 spiro atoms. The summed E-state index contributed by atoms with van der Waals surface area (Å²) < 4.78 is 1.49. The molecule has 1 rings (SSSR count). The SMILES string of the molecule is Cn1ncnc1NC(=O)CBr. The molecule has 0 atom stereocenters. The highest BCUT2D eigenvalue weighted by atomic mass is 79.9. The first-order chi connectivity index (χ1) is 5.24. The third-order valence-corrected chi connectivity index (χ3v) is 1.59. The molecule has 0 aliphatic carbocycles. The Morgan fingerprint density at radius 2 is 2.64 bits per heavy atom. The second-order valence-electron chi connectivity index (χ2n) is 1.89. The summed E-state index contributed by atoms with van der Waals surface area (Å²) in [6.07, 6.45) is 1.38. The van der Waals surface area contributed by atoms with Crippen molar-refractivity contribution >= 4 is 27.8 Å². The number of rotatable bonds is 2. The third kappa shape index (κ3) is 2.01. The van der Waals surface area contributed by atoms with Gasteiger partial charge in [0.05, 0.1) is 5.33 Å². The fourth-order valence-corrected chi connectivity index (χ4v) is 0.708. The van der Waals surface area contributed by atoms with Gasteiger partial charge in [-0.3, -0.25) is 10.1 Å². The quantitative estimate of drug-likeness (QED) is 0.720. The van der Waals surface area contributed by atoms with Gasteiger partial charge in [-0.25, -0.2) is 4.68 Å². The molecule has 0 saturated carbocycles. The molecule has 0 fully saturated rings. The van der Waals surface area contributed by atoms with Gasteiger partial charge < -0.3 is 0 Å². The fourth-order valence-electron chi connectivity index (χ4n) is 0.567. The van der Waals surface area contributed by atoms with Gasteiger partial charge in [0.15, 0.2) is 0 Å². The topological polar surface area (TPSA) is 59.8 Å². The Morgan fingerprint density at radius 3 is 3.09 bits per heavy atom. The van der Waals surface area contributed by atoms with Crippen LogP contribution in [0.15, 0.2) is 6.33 Å². The first-order valence-electron chi connectivity index (χ1n) is 2.94. The molecule has 0 radical (unpaired) electrons. The number of anilines is 1. The molecule has 6 heteroatoms. The van der Waals surface area contributed by atoms with Crippen LogP contribution in [0.1, 0.15) is 0 Å². The van der Waals surface area contributed by atoms with Gasteiger partial charge in [0.1, 0.15) is 6.33 Å². The maximum absolute atomic E-state index is 10.8. The van der Waals surface area contributed by atoms with Gasteiger partial charge >= 0.3 is 0 Å². The van der Waals surface area contributed by atoms with Crippen LogP contribution in [0.25, 0.3) is 0 Å². The van der Waals surface area contributed by atoms with Crippen LogP contribution in [0.3, 0.4) is 0 Å². The van der Waals surface area contributed by atoms with Gasteiger partial charge in [-0.15, -0.1) is 0 Å². The van der Waals surface area contributed by atoms with Gasteiger partial charge in [-0.2, -0.15) is 10.1 Å². The lowest BCUT2D eigenvalue weighted by atomic mass is 10.7. The van der Waals surface area contributed by atoms with Gasteiger partial charge in [-0.1, -0.05) is 15.9 Å².